The van der Waals surface area contributed by atoms with Crippen molar-refractivity contribution in [2.75, 3.05) is 12.4 Å². The van der Waals surface area contributed by atoms with Gasteiger partial charge in [-0.15, -0.1) is 11.3 Å². The molecule has 0 bridgehead atoms. The Morgan fingerprint density at radius 1 is 1.30 bits per heavy atom. The third kappa shape index (κ3) is 2.52. The van der Waals surface area contributed by atoms with E-state index in [1.807, 2.05) is 38.5 Å². The molecule has 3 rings (SSSR count). The summed E-state index contributed by atoms with van der Waals surface area (Å²) >= 11 is 7.44. The third-order valence-corrected chi connectivity index (χ3v) is 4.00. The molecule has 5 nitrogen and oxygen atoms in total. The van der Waals surface area contributed by atoms with Gasteiger partial charge in [-0.3, -0.25) is 4.68 Å². The maximum atomic E-state index is 5.98. The van der Waals surface area contributed by atoms with Gasteiger partial charge in [0.2, 0.25) is 0 Å². The molecule has 3 heterocycles. The highest BCUT2D eigenvalue weighted by molar-refractivity contribution is 7.19. The highest BCUT2D eigenvalue weighted by Crippen LogP contribution is 2.31. The molecule has 0 aromatic carbocycles. The zero-order valence-corrected chi connectivity index (χ0v) is 12.5. The molecule has 0 saturated carbocycles. The molecule has 0 unspecified atom stereocenters. The largest absolute Gasteiger partial charge is 0.373 e. The van der Waals surface area contributed by atoms with Gasteiger partial charge in [-0.05, 0) is 12.1 Å². The number of halogens is 1. The van der Waals surface area contributed by atoms with Crippen molar-refractivity contribution >= 4 is 28.8 Å². The number of hydrogen-bond donors (Lipinski definition) is 1. The Kier molecular flexibility index (Phi) is 3.42. The topological polar surface area (TPSA) is 55.6 Å². The van der Waals surface area contributed by atoms with E-state index in [-0.39, 0.29) is 0 Å². The summed E-state index contributed by atoms with van der Waals surface area (Å²) in [5.74, 6) is 1.42. The minimum absolute atomic E-state index is 0.660. The summed E-state index contributed by atoms with van der Waals surface area (Å²) in [6.45, 7) is 0. The number of nitrogens with one attached hydrogen (secondary N) is 1. The molecule has 0 aliphatic heterocycles. The number of aryl methyl sites for hydroxylation is 1. The van der Waals surface area contributed by atoms with Crippen molar-refractivity contribution in [3.8, 4) is 22.0 Å². The summed E-state index contributed by atoms with van der Waals surface area (Å²) in [5, 5.41) is 7.23. The molecule has 3 aromatic heterocycles. The van der Waals surface area contributed by atoms with Crippen LogP contribution in [-0.2, 0) is 7.05 Å². The van der Waals surface area contributed by atoms with Gasteiger partial charge in [0.1, 0.15) is 5.82 Å². The van der Waals surface area contributed by atoms with Gasteiger partial charge in [0.25, 0.3) is 0 Å². The second kappa shape index (κ2) is 5.22. The average molecular weight is 306 g/mol. The molecule has 1 N–H and O–H groups in total. The maximum absolute atomic E-state index is 5.98. The summed E-state index contributed by atoms with van der Waals surface area (Å²) < 4.78 is 2.47. The van der Waals surface area contributed by atoms with Gasteiger partial charge >= 0.3 is 0 Å². The van der Waals surface area contributed by atoms with Gasteiger partial charge in [0.05, 0.1) is 21.1 Å². The fourth-order valence-corrected chi connectivity index (χ4v) is 2.80. The Hall–Kier alpha value is -1.92. The number of nitrogens with zero attached hydrogens (tertiary/aromatic N) is 4. The lowest BCUT2D eigenvalue weighted by molar-refractivity contribution is 0.768. The van der Waals surface area contributed by atoms with Crippen molar-refractivity contribution in [2.24, 2.45) is 7.05 Å². The van der Waals surface area contributed by atoms with Crippen molar-refractivity contribution in [1.82, 2.24) is 19.7 Å². The molecule has 3 aromatic rings. The van der Waals surface area contributed by atoms with Gasteiger partial charge < -0.3 is 5.32 Å². The van der Waals surface area contributed by atoms with Gasteiger partial charge in [0, 0.05) is 31.9 Å². The quantitative estimate of drug-likeness (QED) is 0.806. The zero-order valence-electron chi connectivity index (χ0n) is 11.0. The summed E-state index contributed by atoms with van der Waals surface area (Å²) in [4.78, 5) is 10.0. The minimum Gasteiger partial charge on any atom is -0.373 e. The highest BCUT2D eigenvalue weighted by Gasteiger charge is 2.11. The lowest BCUT2D eigenvalue weighted by Gasteiger charge is -2.05. The fourth-order valence-electron chi connectivity index (χ4n) is 1.82. The third-order valence-electron chi connectivity index (χ3n) is 2.78. The highest BCUT2D eigenvalue weighted by atomic mass is 35.5. The first kappa shape index (κ1) is 13.1. The van der Waals surface area contributed by atoms with Crippen LogP contribution in [0.15, 0.2) is 30.6 Å². The van der Waals surface area contributed by atoms with Gasteiger partial charge in [-0.2, -0.15) is 5.10 Å². The van der Waals surface area contributed by atoms with E-state index in [9.17, 15) is 0 Å². The Morgan fingerprint density at radius 2 is 2.15 bits per heavy atom. The predicted octanol–water partition coefficient (Wildman–Crippen LogP) is 3.30. The summed E-state index contributed by atoms with van der Waals surface area (Å²) in [5.41, 5.74) is 1.78. The molecule has 0 fully saturated rings. The van der Waals surface area contributed by atoms with E-state index in [2.05, 4.69) is 20.4 Å². The van der Waals surface area contributed by atoms with Crippen LogP contribution in [0.3, 0.4) is 0 Å². The second-order valence-electron chi connectivity index (χ2n) is 4.22. The van der Waals surface area contributed by atoms with Crippen molar-refractivity contribution in [3.05, 3.63) is 34.9 Å². The van der Waals surface area contributed by atoms with E-state index in [0.717, 1.165) is 26.3 Å². The SMILES string of the molecule is CNc1cc(-c2cnn(C)c2)nc(-c2ccc(Cl)s2)n1. The van der Waals surface area contributed by atoms with E-state index in [4.69, 9.17) is 11.6 Å². The number of aromatic nitrogens is 4. The van der Waals surface area contributed by atoms with E-state index < -0.39 is 0 Å². The van der Waals surface area contributed by atoms with Crippen LogP contribution in [0.1, 0.15) is 0 Å². The van der Waals surface area contributed by atoms with Gasteiger partial charge in [-0.1, -0.05) is 11.6 Å². The number of thiophene rings is 1. The molecule has 102 valence electrons. The summed E-state index contributed by atoms with van der Waals surface area (Å²) in [6, 6.07) is 5.67. The monoisotopic (exact) mass is 305 g/mol. The molecule has 0 radical (unpaired) electrons. The fraction of sp³-hybridized carbons (Fsp3) is 0.154. The summed E-state index contributed by atoms with van der Waals surface area (Å²) in [7, 11) is 3.71. The van der Waals surface area contributed by atoms with Crippen LogP contribution in [0.4, 0.5) is 5.82 Å². The maximum Gasteiger partial charge on any atom is 0.172 e. The first-order valence-corrected chi connectivity index (χ1v) is 7.17. The van der Waals surface area contributed by atoms with Crippen LogP contribution in [0.2, 0.25) is 4.34 Å². The van der Waals surface area contributed by atoms with Crippen molar-refractivity contribution < 1.29 is 0 Å². The van der Waals surface area contributed by atoms with E-state index in [1.165, 1.54) is 11.3 Å². The van der Waals surface area contributed by atoms with E-state index >= 15 is 0 Å². The van der Waals surface area contributed by atoms with E-state index in [0.29, 0.717) is 5.82 Å². The molecule has 0 saturated heterocycles. The Bertz CT molecular complexity index is 690. The van der Waals surface area contributed by atoms with Crippen molar-refractivity contribution in [2.45, 2.75) is 0 Å². The number of anilines is 1. The Labute approximate surface area is 125 Å². The van der Waals surface area contributed by atoms with Crippen molar-refractivity contribution in [3.63, 3.8) is 0 Å². The van der Waals surface area contributed by atoms with Crippen LogP contribution in [-0.4, -0.2) is 26.8 Å². The molecule has 0 amide bonds. The molecule has 20 heavy (non-hydrogen) atoms. The standard InChI is InChI=1S/C13H12ClN5S/c1-15-12-5-9(8-6-16-19(2)7-8)17-13(18-12)10-3-4-11(14)20-10/h3-7H,1-2H3,(H,15,17,18). The minimum atomic E-state index is 0.660. The number of rotatable bonds is 3. The molecule has 7 heteroatoms. The Balaban J connectivity index is 2.12. The molecular formula is C13H12ClN5S. The van der Waals surface area contributed by atoms with Crippen LogP contribution in [0.5, 0.6) is 0 Å². The number of hydrogen-bond acceptors (Lipinski definition) is 5. The summed E-state index contributed by atoms with van der Waals surface area (Å²) in [6.07, 6.45) is 3.71. The predicted molar refractivity (Wildman–Crippen MR) is 82.1 cm³/mol. The Morgan fingerprint density at radius 3 is 2.75 bits per heavy atom. The van der Waals surface area contributed by atoms with Crippen LogP contribution in [0.25, 0.3) is 22.0 Å². The molecule has 0 aliphatic carbocycles. The van der Waals surface area contributed by atoms with Crippen LogP contribution < -0.4 is 5.32 Å². The molecule has 0 aliphatic rings. The molecule has 0 spiro atoms. The first-order valence-electron chi connectivity index (χ1n) is 5.97. The second-order valence-corrected chi connectivity index (χ2v) is 5.93. The van der Waals surface area contributed by atoms with Crippen LogP contribution >= 0.6 is 22.9 Å². The first-order chi connectivity index (χ1) is 9.65. The van der Waals surface area contributed by atoms with Crippen LogP contribution in [0, 0.1) is 0 Å². The van der Waals surface area contributed by atoms with E-state index in [1.54, 1.807) is 10.9 Å². The normalized spacial score (nSPS) is 10.8. The van der Waals surface area contributed by atoms with Gasteiger partial charge in [0.15, 0.2) is 5.82 Å². The molecule has 0 atom stereocenters. The average Bonchev–Trinajstić information content (AvgIpc) is 3.07. The molecular weight excluding hydrogens is 294 g/mol. The lowest BCUT2D eigenvalue weighted by Crippen LogP contribution is -1.97. The smallest absolute Gasteiger partial charge is 0.172 e. The van der Waals surface area contributed by atoms with Gasteiger partial charge in [-0.25, -0.2) is 9.97 Å². The lowest BCUT2D eigenvalue weighted by atomic mass is 10.2. The zero-order chi connectivity index (χ0) is 14.1. The van der Waals surface area contributed by atoms with Crippen molar-refractivity contribution in [1.29, 1.82) is 0 Å².